The van der Waals surface area contributed by atoms with Crippen LogP contribution in [-0.4, -0.2) is 30.9 Å². The van der Waals surface area contributed by atoms with Crippen LogP contribution in [0, 0.1) is 0 Å². The van der Waals surface area contributed by atoms with Gasteiger partial charge < -0.3 is 15.0 Å². The van der Waals surface area contributed by atoms with Crippen molar-refractivity contribution in [1.82, 2.24) is 10.3 Å². The Labute approximate surface area is 119 Å². The van der Waals surface area contributed by atoms with Gasteiger partial charge in [0.05, 0.1) is 6.61 Å². The molecule has 0 spiro atoms. The Hall–Kier alpha value is -1.24. The summed E-state index contributed by atoms with van der Waals surface area (Å²) in [6.07, 6.45) is -2.42. The van der Waals surface area contributed by atoms with Crippen molar-refractivity contribution in [3.63, 3.8) is 0 Å². The van der Waals surface area contributed by atoms with Gasteiger partial charge >= 0.3 is 6.18 Å². The van der Waals surface area contributed by atoms with Gasteiger partial charge in [-0.1, -0.05) is 17.7 Å². The van der Waals surface area contributed by atoms with Crippen LogP contribution in [0.25, 0.3) is 10.9 Å². The van der Waals surface area contributed by atoms with Crippen molar-refractivity contribution >= 4 is 22.5 Å². The van der Waals surface area contributed by atoms with Crippen molar-refractivity contribution in [2.45, 2.75) is 12.7 Å². The van der Waals surface area contributed by atoms with Gasteiger partial charge in [0.25, 0.3) is 0 Å². The van der Waals surface area contributed by atoms with Crippen LogP contribution in [-0.2, 0) is 11.3 Å². The highest BCUT2D eigenvalue weighted by Crippen LogP contribution is 2.21. The highest BCUT2D eigenvalue weighted by Gasteiger charge is 2.27. The fourth-order valence-corrected chi connectivity index (χ4v) is 2.03. The van der Waals surface area contributed by atoms with Crippen LogP contribution >= 0.6 is 11.6 Å². The van der Waals surface area contributed by atoms with Crippen LogP contribution in [0.15, 0.2) is 24.4 Å². The first-order valence-electron chi connectivity index (χ1n) is 6.06. The predicted molar refractivity (Wildman–Crippen MR) is 71.9 cm³/mol. The summed E-state index contributed by atoms with van der Waals surface area (Å²) >= 11 is 5.88. The van der Waals surface area contributed by atoms with Gasteiger partial charge in [-0.2, -0.15) is 13.2 Å². The zero-order valence-electron chi connectivity index (χ0n) is 10.6. The molecule has 2 rings (SSSR count). The minimum atomic E-state index is -4.27. The molecule has 0 unspecified atom stereocenters. The van der Waals surface area contributed by atoms with E-state index in [0.29, 0.717) is 18.1 Å². The third-order valence-electron chi connectivity index (χ3n) is 2.73. The van der Waals surface area contributed by atoms with Crippen molar-refractivity contribution in [3.8, 4) is 0 Å². The fourth-order valence-electron chi connectivity index (χ4n) is 1.86. The molecule has 2 aromatic rings. The number of aromatic amines is 1. The molecule has 1 aromatic heterocycles. The van der Waals surface area contributed by atoms with E-state index < -0.39 is 12.8 Å². The summed E-state index contributed by atoms with van der Waals surface area (Å²) in [4.78, 5) is 3.10. The molecule has 0 aliphatic carbocycles. The zero-order valence-corrected chi connectivity index (χ0v) is 11.3. The molecule has 3 nitrogen and oxygen atoms in total. The van der Waals surface area contributed by atoms with Gasteiger partial charge in [0.1, 0.15) is 6.61 Å². The molecule has 110 valence electrons. The monoisotopic (exact) mass is 306 g/mol. The largest absolute Gasteiger partial charge is 0.411 e. The number of H-pyrrole nitrogens is 1. The molecular weight excluding hydrogens is 293 g/mol. The van der Waals surface area contributed by atoms with E-state index in [4.69, 9.17) is 11.6 Å². The molecular formula is C13H14ClF3N2O. The predicted octanol–water partition coefficient (Wildman–Crippen LogP) is 3.49. The summed E-state index contributed by atoms with van der Waals surface area (Å²) in [5, 5.41) is 4.73. The maximum atomic E-state index is 11.8. The second-order valence-electron chi connectivity index (χ2n) is 4.35. The van der Waals surface area contributed by atoms with Gasteiger partial charge in [-0.05, 0) is 17.7 Å². The smallest absolute Gasteiger partial charge is 0.371 e. The molecule has 0 amide bonds. The highest BCUT2D eigenvalue weighted by atomic mass is 35.5. The highest BCUT2D eigenvalue weighted by molar-refractivity contribution is 6.31. The van der Waals surface area contributed by atoms with E-state index >= 15 is 0 Å². The van der Waals surface area contributed by atoms with E-state index in [0.717, 1.165) is 16.5 Å². The van der Waals surface area contributed by atoms with Gasteiger partial charge in [0.2, 0.25) is 0 Å². The number of halogens is 4. The van der Waals surface area contributed by atoms with Crippen molar-refractivity contribution < 1.29 is 17.9 Å². The molecule has 0 aliphatic rings. The van der Waals surface area contributed by atoms with Gasteiger partial charge in [0.15, 0.2) is 0 Å². The van der Waals surface area contributed by atoms with E-state index in [1.807, 2.05) is 18.3 Å². The summed E-state index contributed by atoms with van der Waals surface area (Å²) in [6, 6.07) is 5.53. The summed E-state index contributed by atoms with van der Waals surface area (Å²) in [5.41, 5.74) is 1.97. The Morgan fingerprint density at radius 2 is 2.10 bits per heavy atom. The minimum Gasteiger partial charge on any atom is -0.371 e. The molecule has 0 aliphatic heterocycles. The molecule has 0 radical (unpaired) electrons. The number of aromatic nitrogens is 1. The van der Waals surface area contributed by atoms with Gasteiger partial charge in [0, 0.05) is 35.2 Å². The topological polar surface area (TPSA) is 37.0 Å². The van der Waals surface area contributed by atoms with Crippen LogP contribution in [0.4, 0.5) is 13.2 Å². The summed E-state index contributed by atoms with van der Waals surface area (Å²) in [7, 11) is 0. The molecule has 1 aromatic carbocycles. The number of hydrogen-bond acceptors (Lipinski definition) is 2. The fraction of sp³-hybridized carbons (Fsp3) is 0.385. The van der Waals surface area contributed by atoms with Crippen molar-refractivity contribution in [1.29, 1.82) is 0 Å². The first-order chi connectivity index (χ1) is 9.46. The molecule has 0 saturated carbocycles. The maximum Gasteiger partial charge on any atom is 0.411 e. The lowest BCUT2D eigenvalue weighted by Crippen LogP contribution is -2.23. The van der Waals surface area contributed by atoms with E-state index in [1.54, 1.807) is 6.07 Å². The van der Waals surface area contributed by atoms with Crippen molar-refractivity contribution in [2.75, 3.05) is 19.8 Å². The number of ether oxygens (including phenoxy) is 1. The molecule has 20 heavy (non-hydrogen) atoms. The van der Waals surface area contributed by atoms with Crippen LogP contribution in [0.2, 0.25) is 5.02 Å². The second kappa shape index (κ2) is 6.47. The molecule has 1 heterocycles. The molecule has 0 atom stereocenters. The van der Waals surface area contributed by atoms with Crippen LogP contribution < -0.4 is 5.32 Å². The van der Waals surface area contributed by atoms with Crippen molar-refractivity contribution in [2.24, 2.45) is 0 Å². The Balaban J connectivity index is 1.76. The van der Waals surface area contributed by atoms with Crippen LogP contribution in [0.1, 0.15) is 5.56 Å². The molecule has 2 N–H and O–H groups in total. The SMILES string of the molecule is FC(F)(F)COCCNCc1c[nH]c2cc(Cl)ccc12. The molecule has 0 fully saturated rings. The first-order valence-corrected chi connectivity index (χ1v) is 6.44. The first kappa shape index (κ1) is 15.2. The lowest BCUT2D eigenvalue weighted by Gasteiger charge is -2.08. The Kier molecular flexibility index (Phi) is 4.91. The third-order valence-corrected chi connectivity index (χ3v) is 2.97. The second-order valence-corrected chi connectivity index (χ2v) is 4.78. The molecule has 7 heteroatoms. The third kappa shape index (κ3) is 4.40. The summed E-state index contributed by atoms with van der Waals surface area (Å²) in [5.74, 6) is 0. The van der Waals surface area contributed by atoms with Crippen LogP contribution in [0.5, 0.6) is 0 Å². The van der Waals surface area contributed by atoms with Crippen LogP contribution in [0.3, 0.4) is 0 Å². The van der Waals surface area contributed by atoms with Gasteiger partial charge in [-0.15, -0.1) is 0 Å². The summed E-state index contributed by atoms with van der Waals surface area (Å²) in [6.45, 7) is -0.276. The molecule has 0 bridgehead atoms. The average Bonchev–Trinajstić information content (AvgIpc) is 2.74. The van der Waals surface area contributed by atoms with E-state index in [2.05, 4.69) is 15.0 Å². The number of nitrogens with one attached hydrogen (secondary N) is 2. The Bertz CT molecular complexity index is 568. The number of fused-ring (bicyclic) bond motifs is 1. The quantitative estimate of drug-likeness (QED) is 0.802. The number of benzene rings is 1. The number of alkyl halides is 3. The average molecular weight is 307 g/mol. The van der Waals surface area contributed by atoms with Crippen molar-refractivity contribution in [3.05, 3.63) is 35.0 Å². The van der Waals surface area contributed by atoms with E-state index in [-0.39, 0.29) is 6.61 Å². The summed E-state index contributed by atoms with van der Waals surface area (Å²) < 4.78 is 40.0. The number of hydrogen-bond donors (Lipinski definition) is 2. The Morgan fingerprint density at radius 3 is 2.85 bits per heavy atom. The lowest BCUT2D eigenvalue weighted by atomic mass is 10.2. The minimum absolute atomic E-state index is 0.0215. The van der Waals surface area contributed by atoms with Gasteiger partial charge in [-0.25, -0.2) is 0 Å². The number of rotatable bonds is 6. The molecule has 0 saturated heterocycles. The normalized spacial score (nSPS) is 12.2. The Morgan fingerprint density at radius 1 is 1.30 bits per heavy atom. The zero-order chi connectivity index (χ0) is 14.6. The maximum absolute atomic E-state index is 11.8. The van der Waals surface area contributed by atoms with Gasteiger partial charge in [-0.3, -0.25) is 0 Å². The standard InChI is InChI=1S/C13H14ClF3N2O/c14-10-1-2-11-9(7-19-12(11)5-10)6-18-3-4-20-8-13(15,16)17/h1-2,5,7,18-19H,3-4,6,8H2. The van der Waals surface area contributed by atoms with E-state index in [9.17, 15) is 13.2 Å². The lowest BCUT2D eigenvalue weighted by molar-refractivity contribution is -0.173. The van der Waals surface area contributed by atoms with E-state index in [1.165, 1.54) is 0 Å².